The van der Waals surface area contributed by atoms with Crippen LogP contribution in [0.1, 0.15) is 17.4 Å². The van der Waals surface area contributed by atoms with E-state index in [0.717, 1.165) is 27.7 Å². The molecule has 0 saturated carbocycles. The molecule has 1 atom stereocenters. The molecule has 0 aliphatic carbocycles. The first kappa shape index (κ1) is 18.3. The van der Waals surface area contributed by atoms with Gasteiger partial charge >= 0.3 is 0 Å². The lowest BCUT2D eigenvalue weighted by molar-refractivity contribution is 0.138. The van der Waals surface area contributed by atoms with E-state index in [2.05, 4.69) is 20.5 Å². The summed E-state index contributed by atoms with van der Waals surface area (Å²) in [6.45, 7) is 0.442. The Morgan fingerprint density at radius 3 is 2.60 bits per heavy atom. The van der Waals surface area contributed by atoms with Crippen LogP contribution >= 0.6 is 0 Å². The van der Waals surface area contributed by atoms with Crippen LogP contribution in [0.15, 0.2) is 66.7 Å². The molecule has 0 saturated heterocycles. The molecular formula is C22H19N6O2-. The molecule has 5 N–H and O–H groups in total. The summed E-state index contributed by atoms with van der Waals surface area (Å²) >= 11 is 0. The highest BCUT2D eigenvalue weighted by atomic mass is 16.5. The number of imidazole rings is 1. The van der Waals surface area contributed by atoms with Gasteiger partial charge in [-0.05, 0) is 29.8 Å². The number of para-hydroxylation sites is 2. The van der Waals surface area contributed by atoms with Gasteiger partial charge in [-0.25, -0.2) is 4.98 Å². The molecule has 150 valence electrons. The first-order valence-corrected chi connectivity index (χ1v) is 9.53. The van der Waals surface area contributed by atoms with Gasteiger partial charge in [0.15, 0.2) is 5.82 Å². The van der Waals surface area contributed by atoms with Gasteiger partial charge in [-0.2, -0.15) is 5.10 Å². The molecule has 5 aromatic rings. The molecule has 5 rings (SSSR count). The molecule has 2 aromatic heterocycles. The number of anilines is 1. The first-order valence-electron chi connectivity index (χ1n) is 9.53. The zero-order chi connectivity index (χ0) is 20.5. The van der Waals surface area contributed by atoms with Gasteiger partial charge in [0.1, 0.15) is 11.9 Å². The van der Waals surface area contributed by atoms with Gasteiger partial charge in [-0.15, -0.1) is 0 Å². The lowest BCUT2D eigenvalue weighted by atomic mass is 10.1. The van der Waals surface area contributed by atoms with E-state index < -0.39 is 6.23 Å². The molecule has 3 aromatic carbocycles. The molecule has 2 heterocycles. The summed E-state index contributed by atoms with van der Waals surface area (Å²) in [7, 11) is 0. The number of hydrogen-bond acceptors (Lipinski definition) is 6. The van der Waals surface area contributed by atoms with Gasteiger partial charge in [0, 0.05) is 23.2 Å². The number of benzene rings is 3. The van der Waals surface area contributed by atoms with E-state index in [9.17, 15) is 10.3 Å². The van der Waals surface area contributed by atoms with Crippen molar-refractivity contribution in [3.8, 4) is 11.5 Å². The van der Waals surface area contributed by atoms with Crippen molar-refractivity contribution >= 4 is 27.6 Å². The van der Waals surface area contributed by atoms with Crippen molar-refractivity contribution in [1.82, 2.24) is 25.5 Å². The summed E-state index contributed by atoms with van der Waals surface area (Å²) in [5.41, 5.74) is 7.16. The minimum absolute atomic E-state index is 0.442. The van der Waals surface area contributed by atoms with E-state index in [1.807, 2.05) is 60.1 Å². The topological polar surface area (TPSA) is 125 Å². The molecule has 1 unspecified atom stereocenters. The van der Waals surface area contributed by atoms with E-state index in [4.69, 9.17) is 4.98 Å². The van der Waals surface area contributed by atoms with E-state index in [0.29, 0.717) is 29.1 Å². The number of nitrogens with one attached hydrogen (secondary N) is 4. The molecule has 0 fully saturated rings. The molecule has 0 aliphatic heterocycles. The van der Waals surface area contributed by atoms with E-state index in [1.54, 1.807) is 12.1 Å². The van der Waals surface area contributed by atoms with Crippen LogP contribution in [0.5, 0.6) is 0 Å². The van der Waals surface area contributed by atoms with Crippen LogP contribution < -0.4 is 10.8 Å². The van der Waals surface area contributed by atoms with E-state index in [1.165, 1.54) is 0 Å². The first-order chi connectivity index (χ1) is 14.7. The van der Waals surface area contributed by atoms with Crippen molar-refractivity contribution in [2.45, 2.75) is 12.8 Å². The molecule has 8 heteroatoms. The average molecular weight is 399 g/mol. The van der Waals surface area contributed by atoms with Crippen LogP contribution in [0.3, 0.4) is 0 Å². The highest BCUT2D eigenvalue weighted by Gasteiger charge is 2.17. The maximum atomic E-state index is 10.7. The Hall–Kier alpha value is -3.72. The normalized spacial score (nSPS) is 12.5. The Balaban J connectivity index is 1.43. The van der Waals surface area contributed by atoms with E-state index >= 15 is 0 Å². The predicted octanol–water partition coefficient (Wildman–Crippen LogP) is 3.80. The highest BCUT2D eigenvalue weighted by molar-refractivity contribution is 5.93. The van der Waals surface area contributed by atoms with Crippen LogP contribution in [-0.2, 0) is 6.54 Å². The zero-order valence-electron chi connectivity index (χ0n) is 15.9. The Morgan fingerprint density at radius 1 is 0.967 bits per heavy atom. The fourth-order valence-corrected chi connectivity index (χ4v) is 3.55. The monoisotopic (exact) mass is 399 g/mol. The van der Waals surface area contributed by atoms with Gasteiger partial charge in [0.2, 0.25) is 0 Å². The third-order valence-electron chi connectivity index (χ3n) is 5.10. The third kappa shape index (κ3) is 3.29. The molecule has 0 amide bonds. The number of rotatable bonds is 6. The zero-order valence-corrected chi connectivity index (χ0v) is 15.9. The van der Waals surface area contributed by atoms with Crippen LogP contribution in [0.25, 0.3) is 33.5 Å². The van der Waals surface area contributed by atoms with Crippen molar-refractivity contribution < 1.29 is 5.11 Å². The molecule has 0 bridgehead atoms. The number of hydrogen-bond donors (Lipinski definition) is 5. The minimum Gasteiger partial charge on any atom is -0.761 e. The molecular weight excluding hydrogens is 380 g/mol. The van der Waals surface area contributed by atoms with Gasteiger partial charge in [-0.1, -0.05) is 42.5 Å². The Bertz CT molecular complexity index is 1310. The Kier molecular flexibility index (Phi) is 4.64. The highest BCUT2D eigenvalue weighted by Crippen LogP contribution is 2.28. The average Bonchev–Trinajstić information content (AvgIpc) is 3.41. The van der Waals surface area contributed by atoms with Crippen molar-refractivity contribution in [2.24, 2.45) is 0 Å². The molecule has 30 heavy (non-hydrogen) atoms. The van der Waals surface area contributed by atoms with Crippen molar-refractivity contribution in [2.75, 3.05) is 5.48 Å². The maximum absolute atomic E-state index is 10.7. The fraction of sp³-hybridized carbons (Fsp3) is 0.0909. The largest absolute Gasteiger partial charge is 0.761 e. The number of aromatic amines is 2. The predicted molar refractivity (Wildman–Crippen MR) is 116 cm³/mol. The molecule has 8 nitrogen and oxygen atoms in total. The van der Waals surface area contributed by atoms with Crippen LogP contribution in [0, 0.1) is 5.21 Å². The van der Waals surface area contributed by atoms with Crippen LogP contribution in [0.2, 0.25) is 0 Å². The molecule has 0 aliphatic rings. The van der Waals surface area contributed by atoms with Gasteiger partial charge in [0.25, 0.3) is 0 Å². The summed E-state index contributed by atoms with van der Waals surface area (Å²) in [6, 6.07) is 20.6. The quantitative estimate of drug-likeness (QED) is 0.218. The van der Waals surface area contributed by atoms with Gasteiger partial charge < -0.3 is 20.8 Å². The lowest BCUT2D eigenvalue weighted by Gasteiger charge is -2.14. The van der Waals surface area contributed by atoms with E-state index in [-0.39, 0.29) is 0 Å². The SMILES string of the molecule is [O-]Nc1ccc(CNC(O)c2cccc3[nH]c(-c4n[nH]c5ccccc45)nc23)cc1. The maximum Gasteiger partial charge on any atom is 0.159 e. The van der Waals surface area contributed by atoms with Crippen LogP contribution in [0.4, 0.5) is 5.69 Å². The number of aromatic nitrogens is 4. The summed E-state index contributed by atoms with van der Waals surface area (Å²) in [5, 5.41) is 32.9. The van der Waals surface area contributed by atoms with Crippen molar-refractivity contribution in [3.05, 3.63) is 83.1 Å². The third-order valence-corrected chi connectivity index (χ3v) is 5.10. The van der Waals surface area contributed by atoms with Crippen LogP contribution in [-0.4, -0.2) is 25.3 Å². The standard InChI is InChI=1S/C22H19N6O2/c29-22(23-12-13-8-10-14(28-30)11-9-13)16-5-3-7-18-19(16)25-21(24-18)20-15-4-1-2-6-17(15)26-27-20/h1-11,22-23,28-29H,12H2,(H,24,25)(H,26,27)/q-1. The second kappa shape index (κ2) is 7.60. The second-order valence-electron chi connectivity index (χ2n) is 7.03. The fourth-order valence-electron chi connectivity index (χ4n) is 3.55. The van der Waals surface area contributed by atoms with Gasteiger partial charge in [0.05, 0.1) is 16.6 Å². The number of H-pyrrole nitrogens is 2. The Morgan fingerprint density at radius 2 is 1.77 bits per heavy atom. The molecule has 0 radical (unpaired) electrons. The number of aliphatic hydroxyl groups is 1. The summed E-state index contributed by atoms with van der Waals surface area (Å²) < 4.78 is 0. The number of fused-ring (bicyclic) bond motifs is 2. The van der Waals surface area contributed by atoms with Crippen molar-refractivity contribution in [1.29, 1.82) is 0 Å². The smallest absolute Gasteiger partial charge is 0.159 e. The summed E-state index contributed by atoms with van der Waals surface area (Å²) in [6.07, 6.45) is -0.905. The number of aliphatic hydroxyl groups excluding tert-OH is 1. The Labute approximate surface area is 171 Å². The summed E-state index contributed by atoms with van der Waals surface area (Å²) in [4.78, 5) is 8.03. The lowest BCUT2D eigenvalue weighted by Crippen LogP contribution is -2.20. The van der Waals surface area contributed by atoms with Crippen molar-refractivity contribution in [3.63, 3.8) is 0 Å². The molecule has 0 spiro atoms. The number of nitrogens with zero attached hydrogens (tertiary/aromatic N) is 2. The summed E-state index contributed by atoms with van der Waals surface area (Å²) in [5.74, 6) is 0.641. The minimum atomic E-state index is -0.905. The van der Waals surface area contributed by atoms with Gasteiger partial charge in [-0.3, -0.25) is 10.4 Å². The second-order valence-corrected chi connectivity index (χ2v) is 7.03.